The summed E-state index contributed by atoms with van der Waals surface area (Å²) < 4.78 is 5.03. The Morgan fingerprint density at radius 2 is 1.77 bits per heavy atom. The summed E-state index contributed by atoms with van der Waals surface area (Å²) in [5, 5.41) is 11.6. The number of carbonyl (C=O) groups excluding carboxylic acids is 2. The molecule has 0 amide bonds. The van der Waals surface area contributed by atoms with Gasteiger partial charge in [-0.2, -0.15) is 0 Å². The van der Waals surface area contributed by atoms with E-state index in [0.29, 0.717) is 16.9 Å². The van der Waals surface area contributed by atoms with Crippen molar-refractivity contribution in [3.8, 4) is 11.5 Å². The number of fused-ring (bicyclic) bond motifs is 1. The monoisotopic (exact) mass is 346 g/mol. The normalized spacial score (nSPS) is 11.0. The standard InChI is InChI=1S/C22H18O4/c1-26-22-12-15(7-11-20(22)24)6-10-19(23)14-21(25)18-9-8-16-4-2-3-5-17(16)13-18/h2-13,24H,14H2,1H3/b10-6+. The fourth-order valence-corrected chi connectivity index (χ4v) is 2.67. The van der Waals surface area contributed by atoms with Gasteiger partial charge in [0, 0.05) is 5.56 Å². The van der Waals surface area contributed by atoms with Gasteiger partial charge in [-0.25, -0.2) is 0 Å². The molecule has 3 aromatic carbocycles. The fourth-order valence-electron chi connectivity index (χ4n) is 2.67. The maximum absolute atomic E-state index is 12.3. The van der Waals surface area contributed by atoms with Gasteiger partial charge in [-0.3, -0.25) is 9.59 Å². The van der Waals surface area contributed by atoms with Gasteiger partial charge in [0.1, 0.15) is 0 Å². The van der Waals surface area contributed by atoms with Crippen molar-refractivity contribution in [3.63, 3.8) is 0 Å². The summed E-state index contributed by atoms with van der Waals surface area (Å²) in [6.07, 6.45) is 2.77. The molecular weight excluding hydrogens is 328 g/mol. The molecule has 0 unspecified atom stereocenters. The first-order valence-corrected chi connectivity index (χ1v) is 8.17. The number of rotatable bonds is 6. The van der Waals surface area contributed by atoms with Gasteiger partial charge in [-0.05, 0) is 40.6 Å². The highest BCUT2D eigenvalue weighted by Gasteiger charge is 2.10. The minimum atomic E-state index is -0.282. The number of phenols is 1. The topological polar surface area (TPSA) is 63.6 Å². The molecule has 3 aromatic rings. The van der Waals surface area contributed by atoms with E-state index in [0.717, 1.165) is 10.8 Å². The molecule has 1 N–H and O–H groups in total. The van der Waals surface area contributed by atoms with Crippen LogP contribution in [0.25, 0.3) is 16.8 Å². The number of methoxy groups -OCH3 is 1. The third-order valence-electron chi connectivity index (χ3n) is 4.07. The second-order valence-electron chi connectivity index (χ2n) is 5.89. The molecule has 0 aliphatic heterocycles. The minimum Gasteiger partial charge on any atom is -0.504 e. The van der Waals surface area contributed by atoms with Crippen LogP contribution in [0.1, 0.15) is 22.3 Å². The van der Waals surface area contributed by atoms with Crippen molar-refractivity contribution in [2.45, 2.75) is 6.42 Å². The SMILES string of the molecule is COc1cc(/C=C/C(=O)CC(=O)c2ccc3ccccc3c2)ccc1O. The van der Waals surface area contributed by atoms with Crippen LogP contribution in [0, 0.1) is 0 Å². The maximum Gasteiger partial charge on any atom is 0.170 e. The number of ether oxygens (including phenoxy) is 1. The molecule has 4 heteroatoms. The van der Waals surface area contributed by atoms with E-state index in [1.807, 2.05) is 30.3 Å². The highest BCUT2D eigenvalue weighted by Crippen LogP contribution is 2.26. The lowest BCUT2D eigenvalue weighted by molar-refractivity contribution is -0.113. The first-order chi connectivity index (χ1) is 12.6. The smallest absolute Gasteiger partial charge is 0.170 e. The third kappa shape index (κ3) is 3.98. The number of carbonyl (C=O) groups is 2. The summed E-state index contributed by atoms with van der Waals surface area (Å²) in [6.45, 7) is 0. The van der Waals surface area contributed by atoms with Crippen LogP contribution in [0.2, 0.25) is 0 Å². The predicted octanol–water partition coefficient (Wildman–Crippen LogP) is 4.41. The second kappa shape index (κ2) is 7.66. The molecule has 0 radical (unpaired) electrons. The lowest BCUT2D eigenvalue weighted by atomic mass is 10.0. The summed E-state index contributed by atoms with van der Waals surface area (Å²) >= 11 is 0. The molecule has 0 atom stereocenters. The van der Waals surface area contributed by atoms with E-state index < -0.39 is 0 Å². The molecule has 0 fully saturated rings. The first kappa shape index (κ1) is 17.4. The third-order valence-corrected chi connectivity index (χ3v) is 4.07. The zero-order valence-electron chi connectivity index (χ0n) is 14.3. The van der Waals surface area contributed by atoms with Gasteiger partial charge in [0.25, 0.3) is 0 Å². The highest BCUT2D eigenvalue weighted by atomic mass is 16.5. The van der Waals surface area contributed by atoms with Gasteiger partial charge in [0.2, 0.25) is 0 Å². The molecule has 0 aromatic heterocycles. The molecule has 0 aliphatic carbocycles. The average Bonchev–Trinajstić information content (AvgIpc) is 2.66. The Labute approximate surface area is 151 Å². The number of ketones is 2. The molecule has 0 saturated carbocycles. The Bertz CT molecular complexity index is 1000. The molecule has 0 bridgehead atoms. The first-order valence-electron chi connectivity index (χ1n) is 8.17. The number of phenolic OH excluding ortho intramolecular Hbond substituents is 1. The van der Waals surface area contributed by atoms with Crippen molar-refractivity contribution in [1.82, 2.24) is 0 Å². The van der Waals surface area contributed by atoms with Crippen molar-refractivity contribution in [2.75, 3.05) is 7.11 Å². The number of hydrogen-bond acceptors (Lipinski definition) is 4. The molecular formula is C22H18O4. The molecule has 0 heterocycles. The zero-order chi connectivity index (χ0) is 18.5. The van der Waals surface area contributed by atoms with E-state index in [9.17, 15) is 14.7 Å². The zero-order valence-corrected chi connectivity index (χ0v) is 14.3. The fraction of sp³-hybridized carbons (Fsp3) is 0.0909. The van der Waals surface area contributed by atoms with Crippen molar-refractivity contribution in [1.29, 1.82) is 0 Å². The van der Waals surface area contributed by atoms with E-state index in [1.54, 1.807) is 30.3 Å². The number of allylic oxidation sites excluding steroid dienone is 1. The second-order valence-corrected chi connectivity index (χ2v) is 5.89. The van der Waals surface area contributed by atoms with Crippen LogP contribution in [0.4, 0.5) is 0 Å². The van der Waals surface area contributed by atoms with Gasteiger partial charge in [-0.1, -0.05) is 48.5 Å². The quantitative estimate of drug-likeness (QED) is 0.408. The molecule has 0 aliphatic rings. The van der Waals surface area contributed by atoms with E-state index in [1.165, 1.54) is 19.3 Å². The van der Waals surface area contributed by atoms with Crippen LogP contribution in [-0.2, 0) is 4.79 Å². The van der Waals surface area contributed by atoms with Crippen LogP contribution >= 0.6 is 0 Å². The van der Waals surface area contributed by atoms with Gasteiger partial charge < -0.3 is 9.84 Å². The van der Waals surface area contributed by atoms with Crippen molar-refractivity contribution in [3.05, 3.63) is 77.9 Å². The molecule has 26 heavy (non-hydrogen) atoms. The number of Topliss-reactive ketones (excluding diaryl/α,β-unsaturated/α-hetero) is 1. The average molecular weight is 346 g/mol. The maximum atomic E-state index is 12.3. The largest absolute Gasteiger partial charge is 0.504 e. The van der Waals surface area contributed by atoms with E-state index in [2.05, 4.69) is 0 Å². The van der Waals surface area contributed by atoms with Crippen LogP contribution < -0.4 is 4.74 Å². The Morgan fingerprint density at radius 1 is 1.00 bits per heavy atom. The Morgan fingerprint density at radius 3 is 2.54 bits per heavy atom. The van der Waals surface area contributed by atoms with E-state index >= 15 is 0 Å². The van der Waals surface area contributed by atoms with Gasteiger partial charge >= 0.3 is 0 Å². The van der Waals surface area contributed by atoms with Crippen molar-refractivity contribution >= 4 is 28.4 Å². The summed E-state index contributed by atoms with van der Waals surface area (Å²) in [5.74, 6) is -0.141. The Balaban J connectivity index is 1.69. The Kier molecular flexibility index (Phi) is 5.13. The lowest BCUT2D eigenvalue weighted by Gasteiger charge is -2.04. The van der Waals surface area contributed by atoms with Crippen molar-refractivity contribution < 1.29 is 19.4 Å². The molecule has 0 saturated heterocycles. The van der Waals surface area contributed by atoms with Crippen LogP contribution in [0.3, 0.4) is 0 Å². The minimum absolute atomic E-state index is 0.0301. The van der Waals surface area contributed by atoms with Crippen LogP contribution in [0.15, 0.2) is 66.7 Å². The Hall–Kier alpha value is -3.40. The molecule has 130 valence electrons. The van der Waals surface area contributed by atoms with Gasteiger partial charge in [-0.15, -0.1) is 0 Å². The summed E-state index contributed by atoms with van der Waals surface area (Å²) in [4.78, 5) is 24.4. The van der Waals surface area contributed by atoms with Gasteiger partial charge in [0.05, 0.1) is 13.5 Å². The summed E-state index contributed by atoms with van der Waals surface area (Å²) in [5.41, 5.74) is 1.22. The number of benzene rings is 3. The summed E-state index contributed by atoms with van der Waals surface area (Å²) in [7, 11) is 1.45. The highest BCUT2D eigenvalue weighted by molar-refractivity contribution is 6.13. The van der Waals surface area contributed by atoms with E-state index in [-0.39, 0.29) is 23.7 Å². The van der Waals surface area contributed by atoms with Gasteiger partial charge in [0.15, 0.2) is 23.1 Å². The van der Waals surface area contributed by atoms with Crippen molar-refractivity contribution in [2.24, 2.45) is 0 Å². The number of aromatic hydroxyl groups is 1. The molecule has 4 nitrogen and oxygen atoms in total. The predicted molar refractivity (Wildman–Crippen MR) is 102 cm³/mol. The lowest BCUT2D eigenvalue weighted by Crippen LogP contribution is -2.05. The molecule has 0 spiro atoms. The number of hydrogen-bond donors (Lipinski definition) is 1. The van der Waals surface area contributed by atoms with Crippen LogP contribution in [-0.4, -0.2) is 23.8 Å². The van der Waals surface area contributed by atoms with Crippen LogP contribution in [0.5, 0.6) is 11.5 Å². The van der Waals surface area contributed by atoms with E-state index in [4.69, 9.17) is 4.74 Å². The summed E-state index contributed by atoms with van der Waals surface area (Å²) in [6, 6.07) is 18.0. The molecule has 3 rings (SSSR count).